The van der Waals surface area contributed by atoms with Crippen molar-refractivity contribution in [2.24, 2.45) is 0 Å². The van der Waals surface area contributed by atoms with Gasteiger partial charge in [-0.3, -0.25) is 4.79 Å². The molecule has 1 heterocycles. The molecule has 3 nitrogen and oxygen atoms in total. The van der Waals surface area contributed by atoms with E-state index in [9.17, 15) is 9.18 Å². The lowest BCUT2D eigenvalue weighted by Crippen LogP contribution is -2.47. The molecule has 1 aromatic carbocycles. The van der Waals surface area contributed by atoms with Crippen LogP contribution in [0, 0.1) is 5.82 Å². The summed E-state index contributed by atoms with van der Waals surface area (Å²) in [7, 11) is 1.93. The third kappa shape index (κ3) is 4.68. The Labute approximate surface area is 132 Å². The Balaban J connectivity index is 0.00000220. The number of hydrogen-bond donors (Lipinski definition) is 1. The molecule has 21 heavy (non-hydrogen) atoms. The van der Waals surface area contributed by atoms with E-state index in [0.717, 1.165) is 25.9 Å². The third-order valence-electron chi connectivity index (χ3n) is 4.10. The molecule has 5 heteroatoms. The van der Waals surface area contributed by atoms with Gasteiger partial charge in [0.2, 0.25) is 5.91 Å². The quantitative estimate of drug-likeness (QED) is 0.926. The van der Waals surface area contributed by atoms with E-state index in [-0.39, 0.29) is 30.0 Å². The van der Waals surface area contributed by atoms with Crippen LogP contribution in [0.2, 0.25) is 0 Å². The Kier molecular flexibility index (Phi) is 7.12. The van der Waals surface area contributed by atoms with Gasteiger partial charge in [0.05, 0.1) is 0 Å². The number of carbonyl (C=O) groups is 1. The highest BCUT2D eigenvalue weighted by atomic mass is 35.5. The monoisotopic (exact) mass is 314 g/mol. The first-order chi connectivity index (χ1) is 9.61. The number of likely N-dealkylation sites (tertiary alicyclic amines) is 1. The number of rotatable bonds is 4. The second kappa shape index (κ2) is 8.35. The molecule has 1 saturated heterocycles. The molecule has 2 unspecified atom stereocenters. The Morgan fingerprint density at radius 3 is 2.86 bits per heavy atom. The Hall–Kier alpha value is -1.13. The molecular weight excluding hydrogens is 291 g/mol. The summed E-state index contributed by atoms with van der Waals surface area (Å²) in [5.41, 5.74) is 0.628. The van der Waals surface area contributed by atoms with Crippen molar-refractivity contribution < 1.29 is 9.18 Å². The van der Waals surface area contributed by atoms with Crippen molar-refractivity contribution in [3.05, 3.63) is 35.6 Å². The molecule has 0 aromatic heterocycles. The SMILES string of the molecule is CNC1CCCN(C(=O)CC(C)c2ccccc2F)C1.Cl. The largest absolute Gasteiger partial charge is 0.341 e. The summed E-state index contributed by atoms with van der Waals surface area (Å²) in [6, 6.07) is 7.09. The van der Waals surface area contributed by atoms with Crippen LogP contribution >= 0.6 is 12.4 Å². The molecule has 1 aliphatic heterocycles. The van der Waals surface area contributed by atoms with Crippen molar-refractivity contribution in [1.82, 2.24) is 10.2 Å². The molecule has 118 valence electrons. The molecule has 2 rings (SSSR count). The van der Waals surface area contributed by atoms with Gasteiger partial charge in [-0.2, -0.15) is 0 Å². The zero-order valence-electron chi connectivity index (χ0n) is 12.6. The number of hydrogen-bond acceptors (Lipinski definition) is 2. The zero-order chi connectivity index (χ0) is 14.5. The topological polar surface area (TPSA) is 32.3 Å². The molecule has 1 aliphatic rings. The van der Waals surface area contributed by atoms with Crippen LogP contribution in [0.3, 0.4) is 0 Å². The predicted octanol–water partition coefficient (Wildman–Crippen LogP) is 2.95. The molecular formula is C16H24ClFN2O. The minimum absolute atomic E-state index is 0. The number of nitrogens with zero attached hydrogens (tertiary/aromatic N) is 1. The fraction of sp³-hybridized carbons (Fsp3) is 0.562. The highest BCUT2D eigenvalue weighted by Crippen LogP contribution is 2.23. The predicted molar refractivity (Wildman–Crippen MR) is 85.3 cm³/mol. The molecule has 1 aromatic rings. The van der Waals surface area contributed by atoms with E-state index in [4.69, 9.17) is 0 Å². The summed E-state index contributed by atoms with van der Waals surface area (Å²) >= 11 is 0. The van der Waals surface area contributed by atoms with Crippen molar-refractivity contribution in [3.63, 3.8) is 0 Å². The van der Waals surface area contributed by atoms with E-state index < -0.39 is 0 Å². The minimum Gasteiger partial charge on any atom is -0.341 e. The van der Waals surface area contributed by atoms with E-state index >= 15 is 0 Å². The van der Waals surface area contributed by atoms with Crippen LogP contribution in [-0.2, 0) is 4.79 Å². The van der Waals surface area contributed by atoms with Crippen molar-refractivity contribution in [2.45, 2.75) is 38.1 Å². The van der Waals surface area contributed by atoms with Crippen LogP contribution in [0.15, 0.2) is 24.3 Å². The van der Waals surface area contributed by atoms with Crippen molar-refractivity contribution in [1.29, 1.82) is 0 Å². The van der Waals surface area contributed by atoms with Crippen LogP contribution in [0.5, 0.6) is 0 Å². The number of carbonyl (C=O) groups excluding carboxylic acids is 1. The number of halogens is 2. The number of benzene rings is 1. The van der Waals surface area contributed by atoms with Gasteiger partial charge in [-0.05, 0) is 37.4 Å². The average Bonchev–Trinajstić information content (AvgIpc) is 2.47. The van der Waals surface area contributed by atoms with Crippen LogP contribution in [-0.4, -0.2) is 37.0 Å². The summed E-state index contributed by atoms with van der Waals surface area (Å²) in [4.78, 5) is 14.2. The average molecular weight is 315 g/mol. The van der Waals surface area contributed by atoms with Gasteiger partial charge in [0.25, 0.3) is 0 Å². The Morgan fingerprint density at radius 1 is 1.48 bits per heavy atom. The highest BCUT2D eigenvalue weighted by Gasteiger charge is 2.24. The maximum Gasteiger partial charge on any atom is 0.223 e. The molecule has 0 bridgehead atoms. The summed E-state index contributed by atoms with van der Waals surface area (Å²) < 4.78 is 13.7. The minimum atomic E-state index is -0.223. The lowest BCUT2D eigenvalue weighted by Gasteiger charge is -2.33. The normalized spacial score (nSPS) is 19.8. The standard InChI is InChI=1S/C16H23FN2O.ClH/c1-12(14-7-3-4-8-15(14)17)10-16(20)19-9-5-6-13(11-19)18-2;/h3-4,7-8,12-13,18H,5-6,9-11H2,1-2H3;1H. The second-order valence-electron chi connectivity index (χ2n) is 5.59. The Morgan fingerprint density at radius 2 is 2.19 bits per heavy atom. The van der Waals surface area contributed by atoms with Crippen LogP contribution < -0.4 is 5.32 Å². The van der Waals surface area contributed by atoms with E-state index in [2.05, 4.69) is 5.32 Å². The van der Waals surface area contributed by atoms with Gasteiger partial charge in [0.15, 0.2) is 0 Å². The molecule has 0 radical (unpaired) electrons. The van der Waals surface area contributed by atoms with Crippen LogP contribution in [0.1, 0.15) is 37.7 Å². The smallest absolute Gasteiger partial charge is 0.223 e. The van der Waals surface area contributed by atoms with E-state index in [1.807, 2.05) is 24.9 Å². The molecule has 1 amide bonds. The third-order valence-corrected chi connectivity index (χ3v) is 4.10. The lowest BCUT2D eigenvalue weighted by molar-refractivity contribution is -0.132. The van der Waals surface area contributed by atoms with Gasteiger partial charge in [0.1, 0.15) is 5.82 Å². The molecule has 1 N–H and O–H groups in total. The fourth-order valence-corrected chi connectivity index (χ4v) is 2.82. The first kappa shape index (κ1) is 17.9. The number of likely N-dealkylation sites (N-methyl/N-ethyl adjacent to an activating group) is 1. The summed E-state index contributed by atoms with van der Waals surface area (Å²) in [6.07, 6.45) is 2.52. The second-order valence-corrected chi connectivity index (χ2v) is 5.59. The molecule has 0 aliphatic carbocycles. The van der Waals surface area contributed by atoms with E-state index in [1.165, 1.54) is 6.07 Å². The fourth-order valence-electron chi connectivity index (χ4n) is 2.82. The summed E-state index contributed by atoms with van der Waals surface area (Å²) in [5.74, 6) is -0.182. The molecule has 0 spiro atoms. The number of nitrogens with one attached hydrogen (secondary N) is 1. The lowest BCUT2D eigenvalue weighted by atomic mass is 9.96. The zero-order valence-corrected chi connectivity index (χ0v) is 13.5. The van der Waals surface area contributed by atoms with Gasteiger partial charge in [-0.1, -0.05) is 25.1 Å². The van der Waals surface area contributed by atoms with Gasteiger partial charge in [-0.15, -0.1) is 12.4 Å². The molecule has 1 fully saturated rings. The van der Waals surface area contributed by atoms with E-state index in [1.54, 1.807) is 12.1 Å². The molecule has 0 saturated carbocycles. The van der Waals surface area contributed by atoms with Crippen molar-refractivity contribution >= 4 is 18.3 Å². The summed E-state index contributed by atoms with van der Waals surface area (Å²) in [5, 5.41) is 3.23. The molecule has 2 atom stereocenters. The van der Waals surface area contributed by atoms with Crippen LogP contribution in [0.25, 0.3) is 0 Å². The first-order valence-corrected chi connectivity index (χ1v) is 7.31. The maximum atomic E-state index is 13.7. The van der Waals surface area contributed by atoms with Crippen LogP contribution in [0.4, 0.5) is 4.39 Å². The van der Waals surface area contributed by atoms with Crippen molar-refractivity contribution in [3.8, 4) is 0 Å². The van der Waals surface area contributed by atoms with Gasteiger partial charge in [-0.25, -0.2) is 4.39 Å². The van der Waals surface area contributed by atoms with Gasteiger partial charge in [0, 0.05) is 25.6 Å². The highest BCUT2D eigenvalue weighted by molar-refractivity contribution is 5.85. The maximum absolute atomic E-state index is 13.7. The Bertz CT molecular complexity index is 469. The number of piperidine rings is 1. The number of amides is 1. The van der Waals surface area contributed by atoms with Gasteiger partial charge >= 0.3 is 0 Å². The first-order valence-electron chi connectivity index (χ1n) is 7.31. The van der Waals surface area contributed by atoms with Crippen molar-refractivity contribution in [2.75, 3.05) is 20.1 Å². The van der Waals surface area contributed by atoms with E-state index in [0.29, 0.717) is 18.0 Å². The van der Waals surface area contributed by atoms with Gasteiger partial charge < -0.3 is 10.2 Å². The summed E-state index contributed by atoms with van der Waals surface area (Å²) in [6.45, 7) is 3.50.